The molecular formula is C12H23N3O7. The quantitative estimate of drug-likeness (QED) is 0.304. The molecule has 0 spiro atoms. The average molecular weight is 321 g/mol. The Balaban J connectivity index is 4.69. The Morgan fingerprint density at radius 3 is 2.05 bits per heavy atom. The van der Waals surface area contributed by atoms with E-state index in [4.69, 9.17) is 0 Å². The van der Waals surface area contributed by atoms with Gasteiger partial charge in [-0.25, -0.2) is 0 Å². The molecule has 1 unspecified atom stereocenters. The molecule has 4 N–H and O–H groups in total. The summed E-state index contributed by atoms with van der Waals surface area (Å²) in [6.07, 6.45) is -0.473. The first-order valence-electron chi connectivity index (χ1n) is 6.40. The highest BCUT2D eigenvalue weighted by Gasteiger charge is 2.32. The molecule has 128 valence electrons. The maximum absolute atomic E-state index is 11.7. The number of amides is 3. The van der Waals surface area contributed by atoms with E-state index in [0.29, 0.717) is 0 Å². The lowest BCUT2D eigenvalue weighted by Gasteiger charge is -2.29. The van der Waals surface area contributed by atoms with Gasteiger partial charge < -0.3 is 35.3 Å². The molecule has 0 aromatic rings. The highest BCUT2D eigenvalue weighted by molar-refractivity contribution is 5.81. The summed E-state index contributed by atoms with van der Waals surface area (Å²) in [4.78, 5) is 34.5. The Kier molecular flexibility index (Phi) is 10.0. The van der Waals surface area contributed by atoms with Crippen molar-refractivity contribution in [3.05, 3.63) is 0 Å². The normalized spacial score (nSPS) is 13.1. The van der Waals surface area contributed by atoms with E-state index in [-0.39, 0.29) is 26.5 Å². The van der Waals surface area contributed by atoms with Crippen molar-refractivity contribution in [3.63, 3.8) is 0 Å². The Labute approximate surface area is 128 Å². The summed E-state index contributed by atoms with van der Waals surface area (Å²) in [6.45, 7) is -0.923. The maximum atomic E-state index is 11.7. The zero-order chi connectivity index (χ0) is 17.0. The van der Waals surface area contributed by atoms with Crippen LogP contribution in [0.2, 0.25) is 0 Å². The molecule has 0 fully saturated rings. The molecule has 0 radical (unpaired) electrons. The molecule has 0 rings (SSSR count). The van der Waals surface area contributed by atoms with Crippen LogP contribution in [0, 0.1) is 0 Å². The molecule has 0 aromatic heterocycles. The number of rotatable bonds is 11. The molecule has 10 nitrogen and oxygen atoms in total. The third-order valence-electron chi connectivity index (χ3n) is 2.37. The smallest absolute Gasteiger partial charge is 0.248 e. The topological polar surface area (TPSA) is 135 Å². The molecule has 0 aliphatic heterocycles. The van der Waals surface area contributed by atoms with Crippen molar-refractivity contribution in [1.82, 2.24) is 16.0 Å². The number of carbonyl (C=O) groups excluding carboxylic acids is 3. The predicted octanol–water partition coefficient (Wildman–Crippen LogP) is -2.69. The number of hydrogen-bond acceptors (Lipinski definition) is 7. The van der Waals surface area contributed by atoms with E-state index in [9.17, 15) is 19.5 Å². The molecule has 0 bridgehead atoms. The Hall–Kier alpha value is -1.75. The first-order chi connectivity index (χ1) is 10.4. The van der Waals surface area contributed by atoms with Crippen LogP contribution in [0.25, 0.3) is 0 Å². The number of methoxy groups -OCH3 is 3. The van der Waals surface area contributed by atoms with Crippen LogP contribution >= 0.6 is 0 Å². The van der Waals surface area contributed by atoms with Crippen LogP contribution in [-0.4, -0.2) is 76.4 Å². The molecule has 1 atom stereocenters. The molecule has 0 aliphatic rings. The number of carbonyl (C=O) groups is 3. The predicted molar refractivity (Wildman–Crippen MR) is 74.5 cm³/mol. The first-order valence-corrected chi connectivity index (χ1v) is 6.40. The fraction of sp³-hybridized carbons (Fsp3) is 0.750. The lowest BCUT2D eigenvalue weighted by molar-refractivity contribution is -0.139. The molecule has 0 saturated heterocycles. The van der Waals surface area contributed by atoms with Gasteiger partial charge in [-0.2, -0.15) is 0 Å². The zero-order valence-electron chi connectivity index (χ0n) is 12.9. The highest BCUT2D eigenvalue weighted by Crippen LogP contribution is 2.05. The third-order valence-corrected chi connectivity index (χ3v) is 2.37. The van der Waals surface area contributed by atoms with Crippen LogP contribution in [0.1, 0.15) is 6.42 Å². The van der Waals surface area contributed by atoms with Crippen LogP contribution in [0.15, 0.2) is 0 Å². The van der Waals surface area contributed by atoms with Crippen molar-refractivity contribution >= 4 is 17.7 Å². The van der Waals surface area contributed by atoms with Gasteiger partial charge >= 0.3 is 0 Å². The summed E-state index contributed by atoms with van der Waals surface area (Å²) in [5.41, 5.74) is -1.96. The molecule has 0 saturated carbocycles. The second kappa shape index (κ2) is 10.9. The second-order valence-electron chi connectivity index (χ2n) is 4.43. The van der Waals surface area contributed by atoms with Gasteiger partial charge in [0, 0.05) is 21.3 Å². The van der Waals surface area contributed by atoms with E-state index in [1.165, 1.54) is 21.3 Å². The summed E-state index contributed by atoms with van der Waals surface area (Å²) in [5.74, 6) is -1.70. The van der Waals surface area contributed by atoms with Crippen molar-refractivity contribution in [2.75, 3.05) is 47.8 Å². The van der Waals surface area contributed by atoms with Gasteiger partial charge in [0.15, 0.2) is 5.72 Å². The van der Waals surface area contributed by atoms with Gasteiger partial charge in [0.1, 0.15) is 19.9 Å². The summed E-state index contributed by atoms with van der Waals surface area (Å²) in [5, 5.41) is 17.3. The van der Waals surface area contributed by atoms with Gasteiger partial charge in [-0.3, -0.25) is 14.4 Å². The van der Waals surface area contributed by atoms with E-state index in [2.05, 4.69) is 30.2 Å². The summed E-state index contributed by atoms with van der Waals surface area (Å²) in [6, 6.07) is 0. The molecule has 3 amide bonds. The van der Waals surface area contributed by atoms with Crippen LogP contribution < -0.4 is 16.0 Å². The lowest BCUT2D eigenvalue weighted by atomic mass is 10.1. The van der Waals surface area contributed by atoms with E-state index in [0.717, 1.165) is 0 Å². The molecule has 10 heteroatoms. The van der Waals surface area contributed by atoms with Crippen molar-refractivity contribution in [2.24, 2.45) is 0 Å². The van der Waals surface area contributed by atoms with Crippen molar-refractivity contribution < 1.29 is 33.7 Å². The standard InChI is InChI=1S/C12H23N3O7/c1-20-5-10(17)13-7-12(19,15-11(18)6-21-2)4-9(16)14-8-22-3/h19H,4-8H2,1-3H3,(H,13,17)(H,14,16)(H,15,18). The Morgan fingerprint density at radius 2 is 1.50 bits per heavy atom. The molecule has 22 heavy (non-hydrogen) atoms. The van der Waals surface area contributed by atoms with Gasteiger partial charge in [-0.05, 0) is 0 Å². The van der Waals surface area contributed by atoms with E-state index >= 15 is 0 Å². The van der Waals surface area contributed by atoms with Crippen LogP contribution in [-0.2, 0) is 28.6 Å². The Morgan fingerprint density at radius 1 is 0.909 bits per heavy atom. The third kappa shape index (κ3) is 9.23. The number of hydrogen-bond donors (Lipinski definition) is 4. The number of ether oxygens (including phenoxy) is 3. The van der Waals surface area contributed by atoms with E-state index in [1.807, 2.05) is 0 Å². The zero-order valence-corrected chi connectivity index (χ0v) is 12.9. The van der Waals surface area contributed by atoms with Gasteiger partial charge in [-0.15, -0.1) is 0 Å². The summed E-state index contributed by atoms with van der Waals surface area (Å²) in [7, 11) is 4.03. The SMILES string of the molecule is COCNC(=O)CC(O)(CNC(=O)COC)NC(=O)COC. The van der Waals surface area contributed by atoms with Gasteiger partial charge in [-0.1, -0.05) is 0 Å². The maximum Gasteiger partial charge on any atom is 0.248 e. The Bertz CT molecular complexity index is 378. The van der Waals surface area contributed by atoms with Gasteiger partial charge in [0.25, 0.3) is 0 Å². The average Bonchev–Trinajstić information content (AvgIpc) is 2.43. The minimum absolute atomic E-state index is 0.0447. The second-order valence-corrected chi connectivity index (χ2v) is 4.43. The molecule has 0 aromatic carbocycles. The van der Waals surface area contributed by atoms with Gasteiger partial charge in [0.2, 0.25) is 17.7 Å². The van der Waals surface area contributed by atoms with Gasteiger partial charge in [0.05, 0.1) is 13.0 Å². The largest absolute Gasteiger partial charge is 0.375 e. The highest BCUT2D eigenvalue weighted by atomic mass is 16.5. The summed E-state index contributed by atoms with van der Waals surface area (Å²) < 4.78 is 13.9. The fourth-order valence-electron chi connectivity index (χ4n) is 1.49. The lowest BCUT2D eigenvalue weighted by Crippen LogP contribution is -2.58. The molecular weight excluding hydrogens is 298 g/mol. The number of nitrogens with one attached hydrogen (secondary N) is 3. The van der Waals surface area contributed by atoms with E-state index in [1.54, 1.807) is 0 Å². The summed E-state index contributed by atoms with van der Waals surface area (Å²) >= 11 is 0. The fourth-order valence-corrected chi connectivity index (χ4v) is 1.49. The minimum atomic E-state index is -1.96. The molecule has 0 heterocycles. The van der Waals surface area contributed by atoms with Crippen LogP contribution in [0.3, 0.4) is 0 Å². The minimum Gasteiger partial charge on any atom is -0.375 e. The van der Waals surface area contributed by atoms with Crippen LogP contribution in [0.4, 0.5) is 0 Å². The first kappa shape index (κ1) is 20.2. The van der Waals surface area contributed by atoms with Crippen LogP contribution in [0.5, 0.6) is 0 Å². The van der Waals surface area contributed by atoms with Crippen molar-refractivity contribution in [2.45, 2.75) is 12.1 Å². The van der Waals surface area contributed by atoms with Crippen molar-refractivity contribution in [1.29, 1.82) is 0 Å². The monoisotopic (exact) mass is 321 g/mol. The number of aliphatic hydroxyl groups is 1. The van der Waals surface area contributed by atoms with Crippen molar-refractivity contribution in [3.8, 4) is 0 Å². The molecule has 0 aliphatic carbocycles. The van der Waals surface area contributed by atoms with E-state index < -0.39 is 29.9 Å².